The fourth-order valence-electron chi connectivity index (χ4n) is 1.48. The van der Waals surface area contributed by atoms with Gasteiger partial charge in [0.1, 0.15) is 17.1 Å². The molecule has 0 unspecified atom stereocenters. The topological polar surface area (TPSA) is 69.9 Å². The first-order valence-electron chi connectivity index (χ1n) is 5.42. The molecule has 0 fully saturated rings. The number of aromatic carboxylic acids is 1. The van der Waals surface area contributed by atoms with Crippen LogP contribution in [0, 0.1) is 5.82 Å². The Kier molecular flexibility index (Phi) is 3.56. The summed E-state index contributed by atoms with van der Waals surface area (Å²) in [5.41, 5.74) is 0.927. The van der Waals surface area contributed by atoms with Crippen molar-refractivity contribution in [3.63, 3.8) is 0 Å². The van der Waals surface area contributed by atoms with E-state index >= 15 is 0 Å². The van der Waals surface area contributed by atoms with Crippen LogP contribution < -0.4 is 0 Å². The van der Waals surface area contributed by atoms with E-state index in [1.807, 2.05) is 0 Å². The molecule has 0 atom stereocenters. The second-order valence-corrected chi connectivity index (χ2v) is 3.82. The van der Waals surface area contributed by atoms with Crippen LogP contribution >= 0.6 is 0 Å². The molecular formula is C14H10FNO3. The van der Waals surface area contributed by atoms with E-state index < -0.39 is 5.97 Å². The summed E-state index contributed by atoms with van der Waals surface area (Å²) in [5, 5.41) is 18.2. The highest BCUT2D eigenvalue weighted by Crippen LogP contribution is 2.23. The van der Waals surface area contributed by atoms with Crippen LogP contribution in [0.3, 0.4) is 0 Å². The molecular weight excluding hydrogens is 249 g/mol. The number of hydrogen-bond donors (Lipinski definition) is 2. The predicted octanol–water partition coefficient (Wildman–Crippen LogP) is 2.98. The van der Waals surface area contributed by atoms with Gasteiger partial charge < -0.3 is 10.2 Å². The van der Waals surface area contributed by atoms with Gasteiger partial charge in [-0.05, 0) is 29.8 Å². The second kappa shape index (κ2) is 5.30. The normalized spacial score (nSPS) is 10.8. The quantitative estimate of drug-likeness (QED) is 0.832. The minimum Gasteiger partial charge on any atom is -0.507 e. The van der Waals surface area contributed by atoms with E-state index in [4.69, 9.17) is 5.11 Å². The van der Waals surface area contributed by atoms with Gasteiger partial charge in [-0.2, -0.15) is 0 Å². The molecule has 0 saturated carbocycles. The summed E-state index contributed by atoms with van der Waals surface area (Å²) >= 11 is 0. The summed E-state index contributed by atoms with van der Waals surface area (Å²) < 4.78 is 12.7. The zero-order chi connectivity index (χ0) is 13.8. The summed E-state index contributed by atoms with van der Waals surface area (Å²) in [6.07, 6.45) is 1.49. The Morgan fingerprint density at radius 3 is 2.42 bits per heavy atom. The minimum absolute atomic E-state index is 0.180. The molecule has 0 aromatic heterocycles. The SMILES string of the molecule is O=C(O)c1ccc(N=Cc2ccc(F)cc2)cc1O. The largest absolute Gasteiger partial charge is 0.507 e. The number of carboxylic acid groups (broad SMARTS) is 1. The van der Waals surface area contributed by atoms with Crippen LogP contribution in [0.25, 0.3) is 0 Å². The average Bonchev–Trinajstić information content (AvgIpc) is 2.37. The smallest absolute Gasteiger partial charge is 0.339 e. The zero-order valence-corrected chi connectivity index (χ0v) is 9.75. The highest BCUT2D eigenvalue weighted by Gasteiger charge is 2.08. The van der Waals surface area contributed by atoms with Crippen LogP contribution in [0.15, 0.2) is 47.5 Å². The van der Waals surface area contributed by atoms with E-state index in [-0.39, 0.29) is 17.1 Å². The maximum absolute atomic E-state index is 12.7. The first-order valence-corrected chi connectivity index (χ1v) is 5.42. The van der Waals surface area contributed by atoms with Gasteiger partial charge in [-0.15, -0.1) is 0 Å². The molecule has 0 radical (unpaired) electrons. The van der Waals surface area contributed by atoms with Crippen LogP contribution in [0.5, 0.6) is 5.75 Å². The maximum Gasteiger partial charge on any atom is 0.339 e. The number of rotatable bonds is 3. The Hall–Kier alpha value is -2.69. The fraction of sp³-hybridized carbons (Fsp3) is 0. The molecule has 2 aromatic carbocycles. The number of aromatic hydroxyl groups is 1. The van der Waals surface area contributed by atoms with E-state index in [2.05, 4.69) is 4.99 Å². The maximum atomic E-state index is 12.7. The van der Waals surface area contributed by atoms with Gasteiger partial charge in [0.2, 0.25) is 0 Å². The lowest BCUT2D eigenvalue weighted by Crippen LogP contribution is -1.95. The Morgan fingerprint density at radius 1 is 1.16 bits per heavy atom. The summed E-state index contributed by atoms with van der Waals surface area (Å²) in [6.45, 7) is 0. The van der Waals surface area contributed by atoms with Crippen LogP contribution in [-0.2, 0) is 0 Å². The Morgan fingerprint density at radius 2 is 1.84 bits per heavy atom. The molecule has 0 amide bonds. The van der Waals surface area contributed by atoms with E-state index in [1.165, 1.54) is 36.5 Å². The lowest BCUT2D eigenvalue weighted by molar-refractivity contribution is 0.0694. The summed E-state index contributed by atoms with van der Waals surface area (Å²) in [7, 11) is 0. The first-order chi connectivity index (χ1) is 9.06. The molecule has 19 heavy (non-hydrogen) atoms. The van der Waals surface area contributed by atoms with Crippen molar-refractivity contribution in [2.75, 3.05) is 0 Å². The van der Waals surface area contributed by atoms with Crippen molar-refractivity contribution in [2.45, 2.75) is 0 Å². The number of halogens is 1. The van der Waals surface area contributed by atoms with Crippen molar-refractivity contribution >= 4 is 17.9 Å². The van der Waals surface area contributed by atoms with Crippen LogP contribution in [0.2, 0.25) is 0 Å². The lowest BCUT2D eigenvalue weighted by atomic mass is 10.2. The van der Waals surface area contributed by atoms with E-state index in [1.54, 1.807) is 12.1 Å². The summed E-state index contributed by atoms with van der Waals surface area (Å²) in [5.74, 6) is -1.88. The zero-order valence-electron chi connectivity index (χ0n) is 9.75. The number of nitrogens with zero attached hydrogens (tertiary/aromatic N) is 1. The molecule has 2 aromatic rings. The van der Waals surface area contributed by atoms with Gasteiger partial charge in [0.15, 0.2) is 0 Å². The van der Waals surface area contributed by atoms with Gasteiger partial charge in [-0.3, -0.25) is 4.99 Å². The third-order valence-electron chi connectivity index (χ3n) is 2.44. The second-order valence-electron chi connectivity index (χ2n) is 3.82. The predicted molar refractivity (Wildman–Crippen MR) is 68.7 cm³/mol. The lowest BCUT2D eigenvalue weighted by Gasteiger charge is -2.00. The fourth-order valence-corrected chi connectivity index (χ4v) is 1.48. The molecule has 2 N–H and O–H groups in total. The van der Waals surface area contributed by atoms with Gasteiger partial charge in [0.05, 0.1) is 5.69 Å². The third-order valence-corrected chi connectivity index (χ3v) is 2.44. The molecule has 0 aliphatic carbocycles. The molecule has 5 heteroatoms. The van der Waals surface area contributed by atoms with Gasteiger partial charge in [0, 0.05) is 12.3 Å². The van der Waals surface area contributed by atoms with Gasteiger partial charge >= 0.3 is 5.97 Å². The number of carboxylic acids is 1. The number of aliphatic imine (C=N–C) groups is 1. The van der Waals surface area contributed by atoms with Crippen molar-refractivity contribution in [3.05, 3.63) is 59.4 Å². The van der Waals surface area contributed by atoms with Gasteiger partial charge in [0.25, 0.3) is 0 Å². The molecule has 2 rings (SSSR count). The molecule has 0 heterocycles. The Labute approximate surface area is 108 Å². The van der Waals surface area contributed by atoms with Crippen LogP contribution in [0.1, 0.15) is 15.9 Å². The van der Waals surface area contributed by atoms with Crippen molar-refractivity contribution in [1.29, 1.82) is 0 Å². The molecule has 4 nitrogen and oxygen atoms in total. The van der Waals surface area contributed by atoms with Crippen molar-refractivity contribution in [2.24, 2.45) is 4.99 Å². The van der Waals surface area contributed by atoms with Gasteiger partial charge in [-0.25, -0.2) is 9.18 Å². The van der Waals surface area contributed by atoms with Crippen molar-refractivity contribution < 1.29 is 19.4 Å². The van der Waals surface area contributed by atoms with E-state index in [9.17, 15) is 14.3 Å². The summed E-state index contributed by atoms with van der Waals surface area (Å²) in [6, 6.07) is 9.75. The average molecular weight is 259 g/mol. The molecule has 96 valence electrons. The number of benzene rings is 2. The highest BCUT2D eigenvalue weighted by atomic mass is 19.1. The van der Waals surface area contributed by atoms with Crippen LogP contribution in [-0.4, -0.2) is 22.4 Å². The van der Waals surface area contributed by atoms with E-state index in [0.717, 1.165) is 0 Å². The standard InChI is InChI=1S/C14H10FNO3/c15-10-3-1-9(2-4-10)8-16-11-5-6-12(14(18)19)13(17)7-11/h1-8,17H,(H,18,19). The molecule has 0 aliphatic heterocycles. The third kappa shape index (κ3) is 3.16. The molecule has 0 aliphatic rings. The minimum atomic E-state index is -1.20. The molecule has 0 bridgehead atoms. The number of carbonyl (C=O) groups is 1. The van der Waals surface area contributed by atoms with E-state index in [0.29, 0.717) is 11.3 Å². The van der Waals surface area contributed by atoms with Crippen molar-refractivity contribution in [3.8, 4) is 5.75 Å². The summed E-state index contributed by atoms with van der Waals surface area (Å²) in [4.78, 5) is 14.8. The number of phenols is 1. The Balaban J connectivity index is 2.22. The van der Waals surface area contributed by atoms with Crippen LogP contribution in [0.4, 0.5) is 10.1 Å². The van der Waals surface area contributed by atoms with Crippen molar-refractivity contribution in [1.82, 2.24) is 0 Å². The highest BCUT2D eigenvalue weighted by molar-refractivity contribution is 5.91. The Bertz CT molecular complexity index is 636. The number of hydrogen-bond acceptors (Lipinski definition) is 3. The van der Waals surface area contributed by atoms with Gasteiger partial charge in [-0.1, -0.05) is 12.1 Å². The molecule has 0 saturated heterocycles. The first kappa shape index (κ1) is 12.8. The molecule has 0 spiro atoms. The monoisotopic (exact) mass is 259 g/mol.